The van der Waals surface area contributed by atoms with E-state index in [1.807, 2.05) is 20.8 Å². The number of nitrogens with zero attached hydrogens (tertiary/aromatic N) is 7. The van der Waals surface area contributed by atoms with E-state index < -0.39 is 161 Å². The summed E-state index contributed by atoms with van der Waals surface area (Å²) in [5, 5.41) is 10.9. The van der Waals surface area contributed by atoms with E-state index in [1.165, 1.54) is 68.0 Å². The van der Waals surface area contributed by atoms with Crippen molar-refractivity contribution in [2.24, 2.45) is 23.7 Å². The Balaban J connectivity index is 1.52. The highest BCUT2D eigenvalue weighted by molar-refractivity contribution is 6.31. The van der Waals surface area contributed by atoms with Crippen molar-refractivity contribution in [1.82, 2.24) is 55.6 Å². The molecule has 26 heteroatoms. The smallest absolute Gasteiger partial charge is 0.351 e. The van der Waals surface area contributed by atoms with E-state index in [0.717, 1.165) is 39.7 Å². The number of hydrogen-bond donors (Lipinski definition) is 4. The minimum absolute atomic E-state index is 0.0593. The molecule has 11 amide bonds. The molecule has 2 aliphatic heterocycles. The van der Waals surface area contributed by atoms with Gasteiger partial charge >= 0.3 is 6.18 Å². The van der Waals surface area contributed by atoms with Gasteiger partial charge in [0.05, 0.1) is 30.2 Å². The zero-order chi connectivity index (χ0) is 65.2. The second-order valence-electron chi connectivity index (χ2n) is 25.5. The lowest BCUT2D eigenvalue weighted by molar-refractivity contribution is -0.149. The van der Waals surface area contributed by atoms with Gasteiger partial charge in [-0.05, 0) is 99.7 Å². The Morgan fingerprint density at radius 2 is 1.29 bits per heavy atom. The Kier molecular flexibility index (Phi) is 25.0. The first-order chi connectivity index (χ1) is 40.6. The lowest BCUT2D eigenvalue weighted by atomic mass is 9.92. The van der Waals surface area contributed by atoms with Gasteiger partial charge in [-0.25, -0.2) is 0 Å². The first-order valence-corrected chi connectivity index (χ1v) is 30.9. The summed E-state index contributed by atoms with van der Waals surface area (Å²) in [6.07, 6.45) is -0.754. The molecule has 1 spiro atoms. The summed E-state index contributed by atoms with van der Waals surface area (Å²) in [6.45, 7) is 10.9. The van der Waals surface area contributed by atoms with E-state index >= 15 is 0 Å². The van der Waals surface area contributed by atoms with E-state index in [0.29, 0.717) is 31.2 Å². The number of alkyl halides is 3. The standard InChI is InChI=1S/C61H93ClF3N11O11/c1-14-37(6)51-58(86)72(10)33-49(79)70(8)34-50(80)74(12)46(31-40-19-20-40)57(85)71(9)32-47(77)67-43(24-22-39-21-23-41(42(62)30-39)61(63,64)65)56(84)76-27-17-18-44(76)54(82)69-60(25-15-16-26-60)59(87)75(13)52(36(4)5)55(83)66-38(7)29-48(78)73(11)45(28-35(2)3)53(81)68-51/h21,23,30,35-38,40,43-46,51-52H,14-20,22,24-29,31-34H2,1-13H3,(H,66,83)(H,67,77)(H,68,81)(H,69,82)/t37-,38+,43-,44?,45-,46-,51-,52-/m0/s1. The molecule has 1 aromatic carbocycles. The maximum absolute atomic E-state index is 14.9. The monoisotopic (exact) mass is 1250 g/mol. The summed E-state index contributed by atoms with van der Waals surface area (Å²) in [4.78, 5) is 167. The number of hydrogen-bond acceptors (Lipinski definition) is 11. The maximum atomic E-state index is 14.9. The van der Waals surface area contributed by atoms with Crippen LogP contribution in [0.4, 0.5) is 13.2 Å². The van der Waals surface area contributed by atoms with Crippen LogP contribution < -0.4 is 21.3 Å². The molecule has 4 N–H and O–H groups in total. The van der Waals surface area contributed by atoms with Crippen LogP contribution in [-0.2, 0) is 65.3 Å². The number of rotatable bonds is 10. The number of aryl methyl sites for hydroxylation is 1. The van der Waals surface area contributed by atoms with Gasteiger partial charge in [0, 0.05) is 61.3 Å². The highest BCUT2D eigenvalue weighted by Gasteiger charge is 2.50. The SMILES string of the molecule is CC[C@H](C)[C@@H]1NC(=O)[C@H](CC(C)C)N(C)C(=O)C[C@@H](C)NC(=O)[C@H](C(C)C)N(C)C(=O)C2(CCCC2)NC(=O)C2CCCN2C(=O)[C@H](CCc2ccc(C(F)(F)F)c(Cl)c2)NC(=O)CN(C)C(=O)[C@H](CC2CC2)N(C)C(=O)CN(C)C(=O)CN(C)C1=O. The molecular weight excluding hydrogens is 1160 g/mol. The van der Waals surface area contributed by atoms with Crippen LogP contribution in [0, 0.1) is 23.7 Å². The lowest BCUT2D eigenvalue weighted by Gasteiger charge is -2.39. The van der Waals surface area contributed by atoms with Gasteiger partial charge in [-0.15, -0.1) is 0 Å². The molecule has 4 aliphatic rings. The number of nitrogens with one attached hydrogen (secondary N) is 4. The van der Waals surface area contributed by atoms with Crippen LogP contribution >= 0.6 is 11.6 Å². The molecule has 2 aliphatic carbocycles. The second-order valence-corrected chi connectivity index (χ2v) is 25.9. The third kappa shape index (κ3) is 18.5. The Bertz CT molecular complexity index is 2710. The molecule has 4 fully saturated rings. The number of amides is 11. The largest absolute Gasteiger partial charge is 0.417 e. The third-order valence-electron chi connectivity index (χ3n) is 17.6. The predicted octanol–water partition coefficient (Wildman–Crippen LogP) is 3.99. The number of benzene rings is 1. The quantitative estimate of drug-likeness (QED) is 0.261. The van der Waals surface area contributed by atoms with Crippen molar-refractivity contribution in [3.8, 4) is 0 Å². The van der Waals surface area contributed by atoms with Gasteiger partial charge in [-0.3, -0.25) is 52.7 Å². The minimum atomic E-state index is -4.74. The number of halogens is 4. The van der Waals surface area contributed by atoms with Crippen molar-refractivity contribution in [2.75, 3.05) is 68.5 Å². The molecule has 22 nitrogen and oxygen atoms in total. The molecule has 1 unspecified atom stereocenters. The highest BCUT2D eigenvalue weighted by Crippen LogP contribution is 2.37. The van der Waals surface area contributed by atoms with Gasteiger partial charge in [0.1, 0.15) is 41.8 Å². The van der Waals surface area contributed by atoms with Crippen LogP contribution in [-0.4, -0.2) is 216 Å². The van der Waals surface area contributed by atoms with Crippen LogP contribution in [0.2, 0.25) is 5.02 Å². The van der Waals surface area contributed by atoms with E-state index in [4.69, 9.17) is 11.6 Å². The maximum Gasteiger partial charge on any atom is 0.417 e. The van der Waals surface area contributed by atoms with Gasteiger partial charge in [-0.2, -0.15) is 13.2 Å². The van der Waals surface area contributed by atoms with E-state index in [-0.39, 0.29) is 69.7 Å². The van der Waals surface area contributed by atoms with Crippen molar-refractivity contribution in [2.45, 2.75) is 192 Å². The highest BCUT2D eigenvalue weighted by atomic mass is 35.5. The van der Waals surface area contributed by atoms with Crippen molar-refractivity contribution in [3.05, 3.63) is 34.3 Å². The van der Waals surface area contributed by atoms with Gasteiger partial charge in [0.2, 0.25) is 65.0 Å². The minimum Gasteiger partial charge on any atom is -0.351 e. The number of fused-ring (bicyclic) bond motifs is 1. The van der Waals surface area contributed by atoms with Crippen LogP contribution in [0.15, 0.2) is 18.2 Å². The Morgan fingerprint density at radius 1 is 0.678 bits per heavy atom. The number of carbonyl (C=O) groups excluding carboxylic acids is 11. The fraction of sp³-hybridized carbons (Fsp3) is 0.721. The summed E-state index contributed by atoms with van der Waals surface area (Å²) >= 11 is 6.08. The predicted molar refractivity (Wildman–Crippen MR) is 319 cm³/mol. The molecule has 1 aromatic rings. The topological polar surface area (TPSA) is 259 Å². The van der Waals surface area contributed by atoms with Crippen molar-refractivity contribution < 1.29 is 65.9 Å². The molecule has 8 atom stereocenters. The van der Waals surface area contributed by atoms with Crippen LogP contribution in [0.1, 0.15) is 143 Å². The molecule has 2 heterocycles. The zero-order valence-corrected chi connectivity index (χ0v) is 53.7. The summed E-state index contributed by atoms with van der Waals surface area (Å²) in [7, 11) is 8.47. The Hall–Kier alpha value is -6.53. The number of likely N-dealkylation sites (N-methyl/N-ethyl adjacent to an activating group) is 6. The van der Waals surface area contributed by atoms with Crippen LogP contribution in [0.25, 0.3) is 0 Å². The zero-order valence-electron chi connectivity index (χ0n) is 52.9. The Morgan fingerprint density at radius 3 is 1.86 bits per heavy atom. The van der Waals surface area contributed by atoms with Crippen molar-refractivity contribution in [1.29, 1.82) is 0 Å². The molecule has 5 rings (SSSR count). The summed E-state index contributed by atoms with van der Waals surface area (Å²) in [6, 6.07) is -4.57. The molecule has 0 radical (unpaired) electrons. The summed E-state index contributed by atoms with van der Waals surface area (Å²) in [5.41, 5.74) is -2.25. The lowest BCUT2D eigenvalue weighted by Crippen LogP contribution is -2.64. The molecule has 0 aromatic heterocycles. The average Bonchev–Trinajstić information content (AvgIpc) is 2.31. The van der Waals surface area contributed by atoms with Crippen molar-refractivity contribution in [3.63, 3.8) is 0 Å². The third-order valence-corrected chi connectivity index (χ3v) is 17.9. The fourth-order valence-corrected chi connectivity index (χ4v) is 12.3. The van der Waals surface area contributed by atoms with Crippen LogP contribution in [0.3, 0.4) is 0 Å². The first-order valence-electron chi connectivity index (χ1n) is 30.5. The molecule has 0 bridgehead atoms. The van der Waals surface area contributed by atoms with Gasteiger partial charge in [0.25, 0.3) is 0 Å². The molecule has 2 saturated heterocycles. The van der Waals surface area contributed by atoms with Gasteiger partial charge < -0.3 is 55.6 Å². The normalized spacial score (nSPS) is 26.4. The van der Waals surface area contributed by atoms with E-state index in [1.54, 1.807) is 27.7 Å². The van der Waals surface area contributed by atoms with E-state index in [9.17, 15) is 65.9 Å². The Labute approximate surface area is 515 Å². The summed E-state index contributed by atoms with van der Waals surface area (Å²) in [5.74, 6) is -7.80. The first kappa shape index (κ1) is 71.2. The number of carbonyl (C=O) groups is 11. The average molecular weight is 1250 g/mol. The van der Waals surface area contributed by atoms with Gasteiger partial charge in [0.15, 0.2) is 0 Å². The summed E-state index contributed by atoms with van der Waals surface area (Å²) < 4.78 is 41.1. The molecule has 2 saturated carbocycles. The molecule has 87 heavy (non-hydrogen) atoms. The van der Waals surface area contributed by atoms with Gasteiger partial charge in [-0.1, -0.05) is 91.3 Å². The second kappa shape index (κ2) is 30.6. The fourth-order valence-electron chi connectivity index (χ4n) is 12.0. The van der Waals surface area contributed by atoms with Crippen molar-refractivity contribution >= 4 is 76.6 Å². The molecular formula is C61H93ClF3N11O11. The van der Waals surface area contributed by atoms with E-state index in [2.05, 4.69) is 21.3 Å². The molecule has 486 valence electrons. The van der Waals surface area contributed by atoms with Crippen LogP contribution in [0.5, 0.6) is 0 Å².